The average Bonchev–Trinajstić information content (AvgIpc) is 3.42. The Kier molecular flexibility index (Phi) is 8.40. The van der Waals surface area contributed by atoms with E-state index in [-0.39, 0.29) is 20.0 Å². The molecule has 0 radical (unpaired) electrons. The Morgan fingerprint density at radius 3 is 1.26 bits per heavy atom. The van der Waals surface area contributed by atoms with Crippen LogP contribution in [0.4, 0.5) is 0 Å². The Hall–Kier alpha value is -5.52. The van der Waals surface area contributed by atoms with Crippen LogP contribution < -0.4 is 18.9 Å². The molecule has 5 nitrogen and oxygen atoms in total. The predicted octanol–water partition coefficient (Wildman–Crippen LogP) is 8.28. The van der Waals surface area contributed by atoms with Gasteiger partial charge in [-0.3, -0.25) is 0 Å². The van der Waals surface area contributed by atoms with Crippen LogP contribution in [-0.4, -0.2) is 31.2 Å². The van der Waals surface area contributed by atoms with Gasteiger partial charge in [-0.1, -0.05) is 109 Å². The van der Waals surface area contributed by atoms with E-state index in [0.29, 0.717) is 11.5 Å². The Bertz CT molecular complexity index is 1820. The van der Waals surface area contributed by atoms with Gasteiger partial charge in [0.05, 0.1) is 5.41 Å². The van der Waals surface area contributed by atoms with Crippen molar-refractivity contribution in [1.29, 1.82) is 0 Å². The van der Waals surface area contributed by atoms with E-state index in [1.807, 2.05) is 84.9 Å². The fraction of sp³-hybridized carbons (Fsp3) is 0.122. The van der Waals surface area contributed by atoms with Crippen molar-refractivity contribution >= 4 is 0 Å². The van der Waals surface area contributed by atoms with Gasteiger partial charge in [0.25, 0.3) is 0 Å². The molecule has 1 aliphatic carbocycles. The number of fused-ring (bicyclic) bond motifs is 3. The standard InChI is InChI=1S/C41H34O5/c42-32(27-43-33-11-3-1-4-12-33)28-44-35-23-19-30(20-24-35)41(39-17-9-7-15-37(39)38-16-8-10-18-40(38)41)31-21-25-36(26-22-31)46-29-45-34-13-5-2-6-14-34/h1-26,32,42H,27-29H2. The van der Waals surface area contributed by atoms with Gasteiger partial charge in [0, 0.05) is 0 Å². The van der Waals surface area contributed by atoms with Crippen molar-refractivity contribution < 1.29 is 24.1 Å². The summed E-state index contributed by atoms with van der Waals surface area (Å²) in [7, 11) is 0. The molecule has 1 atom stereocenters. The molecule has 0 fully saturated rings. The maximum atomic E-state index is 10.5. The van der Waals surface area contributed by atoms with Crippen LogP contribution in [0.2, 0.25) is 0 Å². The first kappa shape index (κ1) is 29.2. The largest absolute Gasteiger partial charge is 0.491 e. The predicted molar refractivity (Wildman–Crippen MR) is 180 cm³/mol. The van der Waals surface area contributed by atoms with E-state index in [0.717, 1.165) is 22.6 Å². The topological polar surface area (TPSA) is 57.2 Å². The fourth-order valence-corrected chi connectivity index (χ4v) is 6.26. The average molecular weight is 607 g/mol. The van der Waals surface area contributed by atoms with Crippen LogP contribution >= 0.6 is 0 Å². The van der Waals surface area contributed by atoms with Crippen LogP contribution in [0.15, 0.2) is 158 Å². The van der Waals surface area contributed by atoms with Gasteiger partial charge in [-0.25, -0.2) is 0 Å². The molecule has 1 aliphatic rings. The second-order valence-electron chi connectivity index (χ2n) is 11.2. The maximum Gasteiger partial charge on any atom is 0.230 e. The van der Waals surface area contributed by atoms with E-state index < -0.39 is 11.5 Å². The second-order valence-corrected chi connectivity index (χ2v) is 11.2. The third kappa shape index (κ3) is 5.81. The molecule has 0 spiro atoms. The molecule has 6 aromatic carbocycles. The van der Waals surface area contributed by atoms with Crippen molar-refractivity contribution in [3.63, 3.8) is 0 Å². The summed E-state index contributed by atoms with van der Waals surface area (Å²) in [6.45, 7) is 0.393. The zero-order valence-corrected chi connectivity index (χ0v) is 25.3. The first-order valence-electron chi connectivity index (χ1n) is 15.4. The molecule has 46 heavy (non-hydrogen) atoms. The SMILES string of the molecule is OC(COc1ccccc1)COc1ccc(C2(c3ccc(OCOc4ccccc4)cc3)c3ccccc3-c3ccccc32)cc1. The molecule has 1 N–H and O–H groups in total. The van der Waals surface area contributed by atoms with Gasteiger partial charge in [0.1, 0.15) is 42.3 Å². The first-order valence-corrected chi connectivity index (χ1v) is 15.4. The van der Waals surface area contributed by atoms with Crippen LogP contribution in [0.3, 0.4) is 0 Å². The number of rotatable bonds is 12. The van der Waals surface area contributed by atoms with E-state index in [4.69, 9.17) is 18.9 Å². The summed E-state index contributed by atoms with van der Waals surface area (Å²) in [6, 6.07) is 52.8. The zero-order chi connectivity index (χ0) is 31.2. The van der Waals surface area contributed by atoms with Crippen molar-refractivity contribution in [2.24, 2.45) is 0 Å². The van der Waals surface area contributed by atoms with E-state index in [9.17, 15) is 5.11 Å². The molecule has 5 heteroatoms. The zero-order valence-electron chi connectivity index (χ0n) is 25.3. The number of aliphatic hydroxyl groups excluding tert-OH is 1. The number of aliphatic hydroxyl groups is 1. The first-order chi connectivity index (χ1) is 22.7. The normalized spacial score (nSPS) is 13.2. The Morgan fingerprint density at radius 1 is 0.413 bits per heavy atom. The molecule has 0 saturated carbocycles. The summed E-state index contributed by atoms with van der Waals surface area (Å²) in [6.07, 6.45) is -0.765. The second kappa shape index (κ2) is 13.2. The summed E-state index contributed by atoms with van der Waals surface area (Å²) < 4.78 is 23.3. The lowest BCUT2D eigenvalue weighted by Crippen LogP contribution is -2.28. The summed E-state index contributed by atoms with van der Waals surface area (Å²) >= 11 is 0. The minimum absolute atomic E-state index is 0.120. The molecular weight excluding hydrogens is 572 g/mol. The third-order valence-electron chi connectivity index (χ3n) is 8.35. The lowest BCUT2D eigenvalue weighted by Gasteiger charge is -2.34. The van der Waals surface area contributed by atoms with E-state index >= 15 is 0 Å². The molecule has 0 saturated heterocycles. The van der Waals surface area contributed by atoms with Crippen molar-refractivity contribution in [2.45, 2.75) is 11.5 Å². The van der Waals surface area contributed by atoms with Crippen molar-refractivity contribution in [1.82, 2.24) is 0 Å². The minimum Gasteiger partial charge on any atom is -0.491 e. The fourth-order valence-electron chi connectivity index (χ4n) is 6.26. The monoisotopic (exact) mass is 606 g/mol. The molecular formula is C41H34O5. The van der Waals surface area contributed by atoms with Crippen molar-refractivity contribution in [2.75, 3.05) is 20.0 Å². The number of ether oxygens (including phenoxy) is 4. The van der Waals surface area contributed by atoms with Gasteiger partial charge in [0.15, 0.2) is 0 Å². The van der Waals surface area contributed by atoms with Gasteiger partial charge in [0.2, 0.25) is 6.79 Å². The lowest BCUT2D eigenvalue weighted by atomic mass is 9.68. The third-order valence-corrected chi connectivity index (χ3v) is 8.35. The summed E-state index contributed by atoms with van der Waals surface area (Å²) in [5.74, 6) is 2.89. The highest BCUT2D eigenvalue weighted by molar-refractivity contribution is 5.86. The number of hydrogen-bond donors (Lipinski definition) is 1. The van der Waals surface area contributed by atoms with Gasteiger partial charge in [-0.05, 0) is 81.9 Å². The van der Waals surface area contributed by atoms with Gasteiger partial charge >= 0.3 is 0 Å². The highest BCUT2D eigenvalue weighted by Crippen LogP contribution is 2.56. The molecule has 228 valence electrons. The lowest BCUT2D eigenvalue weighted by molar-refractivity contribution is 0.0626. The molecule has 0 amide bonds. The molecule has 7 rings (SSSR count). The number of hydrogen-bond acceptors (Lipinski definition) is 5. The maximum absolute atomic E-state index is 10.5. The highest BCUT2D eigenvalue weighted by atomic mass is 16.7. The van der Waals surface area contributed by atoms with Gasteiger partial charge < -0.3 is 24.1 Å². The minimum atomic E-state index is -0.765. The molecule has 6 aromatic rings. The molecule has 0 heterocycles. The summed E-state index contributed by atoms with van der Waals surface area (Å²) in [4.78, 5) is 0. The Labute approximate surface area is 269 Å². The van der Waals surface area contributed by atoms with Gasteiger partial charge in [-0.2, -0.15) is 0 Å². The van der Waals surface area contributed by atoms with E-state index in [1.54, 1.807) is 0 Å². The quantitative estimate of drug-likeness (QED) is 0.142. The Balaban J connectivity index is 1.15. The summed E-state index contributed by atoms with van der Waals surface area (Å²) in [5.41, 5.74) is 6.58. The van der Waals surface area contributed by atoms with Crippen LogP contribution in [0.5, 0.6) is 23.0 Å². The molecule has 1 unspecified atom stereocenters. The van der Waals surface area contributed by atoms with Crippen LogP contribution in [0, 0.1) is 0 Å². The summed E-state index contributed by atoms with van der Waals surface area (Å²) in [5, 5.41) is 10.5. The van der Waals surface area contributed by atoms with Crippen LogP contribution in [0.1, 0.15) is 22.3 Å². The van der Waals surface area contributed by atoms with E-state index in [1.165, 1.54) is 22.3 Å². The molecule has 0 aliphatic heterocycles. The van der Waals surface area contributed by atoms with Crippen LogP contribution in [-0.2, 0) is 5.41 Å². The van der Waals surface area contributed by atoms with Crippen molar-refractivity contribution in [3.05, 3.63) is 180 Å². The van der Waals surface area contributed by atoms with Crippen LogP contribution in [0.25, 0.3) is 11.1 Å². The number of benzene rings is 6. The Morgan fingerprint density at radius 2 is 0.783 bits per heavy atom. The molecule has 0 bridgehead atoms. The van der Waals surface area contributed by atoms with Gasteiger partial charge in [-0.15, -0.1) is 0 Å². The van der Waals surface area contributed by atoms with E-state index in [2.05, 4.69) is 72.8 Å². The highest BCUT2D eigenvalue weighted by Gasteiger charge is 2.45. The number of para-hydroxylation sites is 2. The van der Waals surface area contributed by atoms with Crippen molar-refractivity contribution in [3.8, 4) is 34.1 Å². The smallest absolute Gasteiger partial charge is 0.230 e. The molecule has 0 aromatic heterocycles.